The summed E-state index contributed by atoms with van der Waals surface area (Å²) in [6, 6.07) is 7.03. The highest BCUT2D eigenvalue weighted by Crippen LogP contribution is 2.17. The van der Waals surface area contributed by atoms with Gasteiger partial charge in [-0.1, -0.05) is 0 Å². The number of nitrogens with two attached hydrogens (primary N) is 1. The average Bonchev–Trinajstić information content (AvgIpc) is 2.45. The molecule has 4 N–H and O–H groups in total. The van der Waals surface area contributed by atoms with E-state index in [0.29, 0.717) is 24.6 Å². The summed E-state index contributed by atoms with van der Waals surface area (Å²) >= 11 is 0. The van der Waals surface area contributed by atoms with Crippen molar-refractivity contribution in [2.75, 3.05) is 25.5 Å². The normalized spacial score (nSPS) is 10.2. The van der Waals surface area contributed by atoms with E-state index in [0.717, 1.165) is 5.75 Å². The molecule has 0 radical (unpaired) electrons. The molecule has 1 aromatic carbocycles. The van der Waals surface area contributed by atoms with Crippen molar-refractivity contribution in [1.82, 2.24) is 15.2 Å². The van der Waals surface area contributed by atoms with Crippen molar-refractivity contribution in [2.45, 2.75) is 0 Å². The van der Waals surface area contributed by atoms with Gasteiger partial charge in [0.05, 0.1) is 7.11 Å². The molecule has 0 unspecified atom stereocenters. The molecule has 0 saturated carbocycles. The van der Waals surface area contributed by atoms with Crippen LogP contribution in [-0.2, 0) is 0 Å². The Morgan fingerprint density at radius 3 is 2.63 bits per heavy atom. The third kappa shape index (κ3) is 3.08. The van der Waals surface area contributed by atoms with Crippen molar-refractivity contribution in [2.24, 2.45) is 5.73 Å². The summed E-state index contributed by atoms with van der Waals surface area (Å²) < 4.78 is 5.05. The molecule has 0 atom stereocenters. The number of hydrogen-bond acceptors (Lipinski definition) is 6. The number of benzene rings is 1. The minimum Gasteiger partial charge on any atom is -0.497 e. The first-order chi connectivity index (χ1) is 9.24. The van der Waals surface area contributed by atoms with Gasteiger partial charge in [0.15, 0.2) is 5.69 Å². The monoisotopic (exact) mass is 261 g/mol. The van der Waals surface area contributed by atoms with Gasteiger partial charge in [-0.25, -0.2) is 0 Å². The van der Waals surface area contributed by atoms with E-state index in [-0.39, 0.29) is 11.3 Å². The summed E-state index contributed by atoms with van der Waals surface area (Å²) in [6.07, 6.45) is 0. The molecule has 0 bridgehead atoms. The lowest BCUT2D eigenvalue weighted by atomic mass is 10.1. The van der Waals surface area contributed by atoms with Crippen molar-refractivity contribution in [1.29, 1.82) is 0 Å². The lowest BCUT2D eigenvalue weighted by Crippen LogP contribution is -2.20. The van der Waals surface area contributed by atoms with Crippen LogP contribution in [0.2, 0.25) is 0 Å². The van der Waals surface area contributed by atoms with Crippen molar-refractivity contribution >= 4 is 5.95 Å². The Morgan fingerprint density at radius 1 is 1.32 bits per heavy atom. The van der Waals surface area contributed by atoms with Crippen molar-refractivity contribution in [3.05, 3.63) is 34.6 Å². The van der Waals surface area contributed by atoms with Gasteiger partial charge in [0.2, 0.25) is 5.95 Å². The summed E-state index contributed by atoms with van der Waals surface area (Å²) in [5.41, 5.74) is 5.99. The number of ether oxygens (including phenoxy) is 1. The van der Waals surface area contributed by atoms with Crippen LogP contribution in [-0.4, -0.2) is 35.4 Å². The van der Waals surface area contributed by atoms with Gasteiger partial charge in [0, 0.05) is 18.7 Å². The predicted molar refractivity (Wildman–Crippen MR) is 72.2 cm³/mol. The molecule has 7 nitrogen and oxygen atoms in total. The summed E-state index contributed by atoms with van der Waals surface area (Å²) in [7, 11) is 1.58. The van der Waals surface area contributed by atoms with Gasteiger partial charge in [-0.3, -0.25) is 9.78 Å². The van der Waals surface area contributed by atoms with Crippen LogP contribution in [0.25, 0.3) is 11.3 Å². The SMILES string of the molecule is COc1ccc(-c2nnc(NCCN)[nH]c2=O)cc1. The van der Waals surface area contributed by atoms with Gasteiger partial charge in [-0.05, 0) is 24.3 Å². The van der Waals surface area contributed by atoms with Crippen LogP contribution in [0.1, 0.15) is 0 Å². The lowest BCUT2D eigenvalue weighted by molar-refractivity contribution is 0.415. The fourth-order valence-electron chi connectivity index (χ4n) is 1.54. The Bertz CT molecular complexity index is 594. The number of aromatic amines is 1. The quantitative estimate of drug-likeness (QED) is 0.710. The van der Waals surface area contributed by atoms with E-state index in [4.69, 9.17) is 10.5 Å². The second kappa shape index (κ2) is 5.96. The van der Waals surface area contributed by atoms with Crippen LogP contribution in [0.15, 0.2) is 29.1 Å². The molecule has 0 aliphatic carbocycles. The van der Waals surface area contributed by atoms with E-state index in [1.807, 2.05) is 0 Å². The molecule has 1 heterocycles. The van der Waals surface area contributed by atoms with Gasteiger partial charge in [0.1, 0.15) is 5.75 Å². The lowest BCUT2D eigenvalue weighted by Gasteiger charge is -2.04. The first kappa shape index (κ1) is 13.0. The maximum atomic E-state index is 11.9. The van der Waals surface area contributed by atoms with Gasteiger partial charge in [-0.2, -0.15) is 0 Å². The standard InChI is InChI=1S/C12H15N5O2/c1-19-9-4-2-8(3-5-9)10-11(18)15-12(17-16-10)14-7-6-13/h2-5H,6-7,13H2,1H3,(H2,14,15,17,18). The fourth-order valence-corrected chi connectivity index (χ4v) is 1.54. The smallest absolute Gasteiger partial charge is 0.279 e. The second-order valence-electron chi connectivity index (χ2n) is 3.80. The Morgan fingerprint density at radius 2 is 2.05 bits per heavy atom. The second-order valence-corrected chi connectivity index (χ2v) is 3.80. The van der Waals surface area contributed by atoms with Gasteiger partial charge < -0.3 is 15.8 Å². The minimum absolute atomic E-state index is 0.265. The molecular weight excluding hydrogens is 246 g/mol. The largest absolute Gasteiger partial charge is 0.497 e. The van der Waals surface area contributed by atoms with E-state index < -0.39 is 0 Å². The van der Waals surface area contributed by atoms with Crippen LogP contribution in [0, 0.1) is 0 Å². The number of H-pyrrole nitrogens is 1. The van der Waals surface area contributed by atoms with E-state index in [1.165, 1.54) is 0 Å². The fraction of sp³-hybridized carbons (Fsp3) is 0.250. The average molecular weight is 261 g/mol. The molecule has 2 rings (SSSR count). The molecule has 0 aliphatic rings. The molecule has 0 aliphatic heterocycles. The first-order valence-electron chi connectivity index (χ1n) is 5.80. The number of nitrogens with zero attached hydrogens (tertiary/aromatic N) is 2. The molecule has 1 aromatic heterocycles. The Balaban J connectivity index is 2.27. The van der Waals surface area contributed by atoms with Crippen LogP contribution in [0.4, 0.5) is 5.95 Å². The van der Waals surface area contributed by atoms with Crippen LogP contribution in [0.3, 0.4) is 0 Å². The van der Waals surface area contributed by atoms with Crippen molar-refractivity contribution in [3.8, 4) is 17.0 Å². The zero-order valence-electron chi connectivity index (χ0n) is 10.5. The highest BCUT2D eigenvalue weighted by atomic mass is 16.5. The minimum atomic E-state index is -0.306. The van der Waals surface area contributed by atoms with Crippen LogP contribution in [0.5, 0.6) is 5.75 Å². The Labute approximate surface area is 109 Å². The molecular formula is C12H15N5O2. The number of hydrogen-bond donors (Lipinski definition) is 3. The number of anilines is 1. The van der Waals surface area contributed by atoms with E-state index in [9.17, 15) is 4.79 Å². The van der Waals surface area contributed by atoms with Gasteiger partial charge in [-0.15, -0.1) is 10.2 Å². The summed E-state index contributed by atoms with van der Waals surface area (Å²) in [4.78, 5) is 14.5. The molecule has 19 heavy (non-hydrogen) atoms. The third-order valence-corrected chi connectivity index (χ3v) is 2.50. The van der Waals surface area contributed by atoms with Crippen LogP contribution < -0.4 is 21.3 Å². The van der Waals surface area contributed by atoms with Crippen molar-refractivity contribution in [3.63, 3.8) is 0 Å². The first-order valence-corrected chi connectivity index (χ1v) is 5.80. The van der Waals surface area contributed by atoms with Gasteiger partial charge >= 0.3 is 0 Å². The number of methoxy groups -OCH3 is 1. The number of aromatic nitrogens is 3. The Kier molecular flexibility index (Phi) is 4.09. The summed E-state index contributed by atoms with van der Waals surface area (Å²) in [6.45, 7) is 0.969. The molecule has 0 saturated heterocycles. The zero-order valence-corrected chi connectivity index (χ0v) is 10.5. The highest BCUT2D eigenvalue weighted by molar-refractivity contribution is 5.58. The summed E-state index contributed by atoms with van der Waals surface area (Å²) in [5, 5.41) is 10.7. The number of rotatable bonds is 5. The molecule has 0 spiro atoms. The molecule has 2 aromatic rings. The van der Waals surface area contributed by atoms with Gasteiger partial charge in [0.25, 0.3) is 5.56 Å². The Hall–Kier alpha value is -2.41. The maximum absolute atomic E-state index is 11.9. The predicted octanol–water partition coefficient (Wildman–Crippen LogP) is 0.211. The highest BCUT2D eigenvalue weighted by Gasteiger charge is 2.07. The van der Waals surface area contributed by atoms with Crippen molar-refractivity contribution < 1.29 is 4.74 Å². The molecule has 0 amide bonds. The van der Waals surface area contributed by atoms with E-state index >= 15 is 0 Å². The van der Waals surface area contributed by atoms with E-state index in [1.54, 1.807) is 31.4 Å². The molecule has 100 valence electrons. The van der Waals surface area contributed by atoms with Crippen LogP contribution >= 0.6 is 0 Å². The third-order valence-electron chi connectivity index (χ3n) is 2.50. The molecule has 7 heteroatoms. The molecule has 0 fully saturated rings. The van der Waals surface area contributed by atoms with E-state index in [2.05, 4.69) is 20.5 Å². The summed E-state index contributed by atoms with van der Waals surface area (Å²) in [5.74, 6) is 1.03. The zero-order chi connectivity index (χ0) is 13.7. The maximum Gasteiger partial charge on any atom is 0.279 e. The topological polar surface area (TPSA) is 106 Å². The number of nitrogens with one attached hydrogen (secondary N) is 2.